The van der Waals surface area contributed by atoms with Gasteiger partial charge in [-0.1, -0.05) is 59.6 Å². The van der Waals surface area contributed by atoms with Crippen LogP contribution in [-0.2, 0) is 22.6 Å². The van der Waals surface area contributed by atoms with Gasteiger partial charge < -0.3 is 15.3 Å². The van der Waals surface area contributed by atoms with Gasteiger partial charge in [0.15, 0.2) is 5.76 Å². The first-order valence-corrected chi connectivity index (χ1v) is 9.68. The first kappa shape index (κ1) is 20.2. The summed E-state index contributed by atoms with van der Waals surface area (Å²) in [6, 6.07) is 14.9. The molecular formula is C21H20Cl2N2O3. The van der Waals surface area contributed by atoms with E-state index in [0.717, 1.165) is 17.5 Å². The largest absolute Gasteiger partial charge is 0.503 e. The number of carbonyl (C=O) groups is 2. The zero-order valence-corrected chi connectivity index (χ0v) is 16.6. The molecule has 1 aliphatic rings. The average molecular weight is 419 g/mol. The highest BCUT2D eigenvalue weighted by Gasteiger charge is 2.33. The second-order valence-electron chi connectivity index (χ2n) is 6.58. The van der Waals surface area contributed by atoms with Crippen molar-refractivity contribution in [3.05, 3.63) is 81.0 Å². The van der Waals surface area contributed by atoms with Crippen molar-refractivity contribution >= 4 is 35.0 Å². The molecule has 2 aromatic carbocycles. The van der Waals surface area contributed by atoms with Crippen molar-refractivity contribution in [3.8, 4) is 0 Å². The van der Waals surface area contributed by atoms with E-state index in [2.05, 4.69) is 5.32 Å². The number of benzene rings is 2. The number of hydrogen-bond acceptors (Lipinski definition) is 3. The fourth-order valence-electron chi connectivity index (χ4n) is 3.02. The Kier molecular flexibility index (Phi) is 6.60. The van der Waals surface area contributed by atoms with Gasteiger partial charge in [-0.25, -0.2) is 0 Å². The Hall–Kier alpha value is -2.50. The van der Waals surface area contributed by atoms with E-state index in [9.17, 15) is 14.7 Å². The summed E-state index contributed by atoms with van der Waals surface area (Å²) >= 11 is 11.9. The Morgan fingerprint density at radius 1 is 1.07 bits per heavy atom. The van der Waals surface area contributed by atoms with Gasteiger partial charge >= 0.3 is 0 Å². The fraction of sp³-hybridized carbons (Fsp3) is 0.238. The molecule has 0 atom stereocenters. The number of rotatable bonds is 7. The van der Waals surface area contributed by atoms with E-state index in [-0.39, 0.29) is 12.1 Å². The van der Waals surface area contributed by atoms with Crippen LogP contribution in [0.4, 0.5) is 0 Å². The Morgan fingerprint density at radius 2 is 1.82 bits per heavy atom. The minimum Gasteiger partial charge on any atom is -0.503 e. The third-order valence-electron chi connectivity index (χ3n) is 4.53. The molecule has 0 spiro atoms. The maximum atomic E-state index is 12.4. The van der Waals surface area contributed by atoms with Crippen molar-refractivity contribution in [1.82, 2.24) is 10.2 Å². The van der Waals surface area contributed by atoms with Crippen molar-refractivity contribution < 1.29 is 14.7 Å². The summed E-state index contributed by atoms with van der Waals surface area (Å²) in [6.45, 7) is 0.860. The molecule has 0 aliphatic carbocycles. The Balaban J connectivity index is 1.49. The summed E-state index contributed by atoms with van der Waals surface area (Å²) < 4.78 is 0. The van der Waals surface area contributed by atoms with Crippen LogP contribution in [0.15, 0.2) is 59.9 Å². The third kappa shape index (κ3) is 4.86. The number of aryl methyl sites for hydroxylation is 1. The van der Waals surface area contributed by atoms with Gasteiger partial charge in [0.1, 0.15) is 0 Å². The summed E-state index contributed by atoms with van der Waals surface area (Å²) in [5, 5.41) is 13.8. The predicted octanol–water partition coefficient (Wildman–Crippen LogP) is 3.90. The minimum atomic E-state index is -0.523. The lowest BCUT2D eigenvalue weighted by Gasteiger charge is -2.16. The summed E-state index contributed by atoms with van der Waals surface area (Å²) in [4.78, 5) is 26.0. The quantitative estimate of drug-likeness (QED) is 0.669. The lowest BCUT2D eigenvalue weighted by Crippen LogP contribution is -2.30. The summed E-state index contributed by atoms with van der Waals surface area (Å²) in [5.74, 6) is -1.42. The molecule has 0 unspecified atom stereocenters. The topological polar surface area (TPSA) is 69.6 Å². The molecule has 2 N–H and O–H groups in total. The minimum absolute atomic E-state index is 0.0954. The van der Waals surface area contributed by atoms with Gasteiger partial charge in [-0.15, -0.1) is 0 Å². The maximum absolute atomic E-state index is 12.4. The van der Waals surface area contributed by atoms with Gasteiger partial charge in [-0.2, -0.15) is 0 Å². The molecular weight excluding hydrogens is 399 g/mol. The zero-order chi connectivity index (χ0) is 20.1. The Bertz CT molecular complexity index is 913. The smallest absolute Gasteiger partial charge is 0.289 e. The molecule has 0 fully saturated rings. The highest BCUT2D eigenvalue weighted by Crippen LogP contribution is 2.23. The molecule has 2 amide bonds. The zero-order valence-electron chi connectivity index (χ0n) is 15.1. The van der Waals surface area contributed by atoms with E-state index in [1.54, 1.807) is 12.1 Å². The van der Waals surface area contributed by atoms with E-state index in [4.69, 9.17) is 23.2 Å². The van der Waals surface area contributed by atoms with Crippen LogP contribution in [0.25, 0.3) is 0 Å². The van der Waals surface area contributed by atoms with E-state index >= 15 is 0 Å². The number of aliphatic hydroxyl groups is 1. The molecule has 28 heavy (non-hydrogen) atoms. The summed E-state index contributed by atoms with van der Waals surface area (Å²) in [6.07, 6.45) is 1.42. The van der Waals surface area contributed by atoms with Gasteiger partial charge in [-0.05, 0) is 36.1 Å². The van der Waals surface area contributed by atoms with Crippen molar-refractivity contribution in [1.29, 1.82) is 0 Å². The number of amides is 2. The van der Waals surface area contributed by atoms with Crippen molar-refractivity contribution in [2.75, 3.05) is 13.1 Å². The molecule has 0 saturated carbocycles. The van der Waals surface area contributed by atoms with Crippen molar-refractivity contribution in [2.24, 2.45) is 0 Å². The second-order valence-corrected chi connectivity index (χ2v) is 7.40. The SMILES string of the molecule is O=C(NCCCc1ccc(Cl)c(Cl)c1)C1=C(O)C(=O)N(Cc2ccccc2)C1. The second kappa shape index (κ2) is 9.13. The van der Waals surface area contributed by atoms with Crippen LogP contribution in [0, 0.1) is 0 Å². The maximum Gasteiger partial charge on any atom is 0.289 e. The molecule has 0 saturated heterocycles. The Labute approximate surface area is 173 Å². The number of nitrogens with one attached hydrogen (secondary N) is 1. The van der Waals surface area contributed by atoms with E-state index < -0.39 is 17.6 Å². The number of aliphatic hydroxyl groups excluding tert-OH is 1. The molecule has 0 aromatic heterocycles. The van der Waals surface area contributed by atoms with Gasteiger partial charge in [0.05, 0.1) is 22.2 Å². The Morgan fingerprint density at radius 3 is 2.54 bits per heavy atom. The monoisotopic (exact) mass is 418 g/mol. The van der Waals surface area contributed by atoms with Gasteiger partial charge in [0, 0.05) is 13.1 Å². The van der Waals surface area contributed by atoms with Crippen LogP contribution in [0.1, 0.15) is 17.5 Å². The number of hydrogen-bond donors (Lipinski definition) is 2. The van der Waals surface area contributed by atoms with E-state index in [0.29, 0.717) is 29.6 Å². The molecule has 146 valence electrons. The number of halogens is 2. The van der Waals surface area contributed by atoms with E-state index in [1.807, 2.05) is 36.4 Å². The summed E-state index contributed by atoms with van der Waals surface area (Å²) in [5.41, 5.74) is 2.07. The molecule has 3 rings (SSSR count). The molecule has 0 radical (unpaired) electrons. The first-order chi connectivity index (χ1) is 13.5. The normalized spacial score (nSPS) is 13.9. The van der Waals surface area contributed by atoms with Crippen LogP contribution < -0.4 is 5.32 Å². The number of nitrogens with zero attached hydrogens (tertiary/aromatic N) is 1. The van der Waals surface area contributed by atoms with Crippen molar-refractivity contribution in [3.63, 3.8) is 0 Å². The standard InChI is InChI=1S/C21H20Cl2N2O3/c22-17-9-8-14(11-18(17)23)7-4-10-24-20(27)16-13-25(21(28)19(16)26)12-15-5-2-1-3-6-15/h1-3,5-6,8-9,11,26H,4,7,10,12-13H2,(H,24,27). The van der Waals surface area contributed by atoms with Crippen LogP contribution >= 0.6 is 23.2 Å². The molecule has 1 aliphatic heterocycles. The van der Waals surface area contributed by atoms with Gasteiger partial charge in [-0.3, -0.25) is 9.59 Å². The van der Waals surface area contributed by atoms with Crippen molar-refractivity contribution in [2.45, 2.75) is 19.4 Å². The summed E-state index contributed by atoms with van der Waals surface area (Å²) in [7, 11) is 0. The molecule has 7 heteroatoms. The molecule has 2 aromatic rings. The molecule has 5 nitrogen and oxygen atoms in total. The van der Waals surface area contributed by atoms with Crippen LogP contribution in [0.2, 0.25) is 10.0 Å². The lowest BCUT2D eigenvalue weighted by atomic mass is 10.1. The van der Waals surface area contributed by atoms with Gasteiger partial charge in [0.2, 0.25) is 0 Å². The molecule has 1 heterocycles. The number of carbonyl (C=O) groups excluding carboxylic acids is 2. The average Bonchev–Trinajstić information content (AvgIpc) is 2.97. The molecule has 0 bridgehead atoms. The van der Waals surface area contributed by atoms with Crippen LogP contribution in [0.5, 0.6) is 0 Å². The third-order valence-corrected chi connectivity index (χ3v) is 5.27. The highest BCUT2D eigenvalue weighted by molar-refractivity contribution is 6.42. The fourth-order valence-corrected chi connectivity index (χ4v) is 3.34. The highest BCUT2D eigenvalue weighted by atomic mass is 35.5. The van der Waals surface area contributed by atoms with E-state index in [1.165, 1.54) is 4.90 Å². The lowest BCUT2D eigenvalue weighted by molar-refractivity contribution is -0.128. The van der Waals surface area contributed by atoms with Crippen LogP contribution in [0.3, 0.4) is 0 Å². The van der Waals surface area contributed by atoms with Crippen LogP contribution in [-0.4, -0.2) is 34.9 Å². The van der Waals surface area contributed by atoms with Gasteiger partial charge in [0.25, 0.3) is 11.8 Å². The predicted molar refractivity (Wildman–Crippen MR) is 109 cm³/mol. The first-order valence-electron chi connectivity index (χ1n) is 8.93.